The quantitative estimate of drug-likeness (QED) is 0.926. The van der Waals surface area contributed by atoms with Gasteiger partial charge in [0.2, 0.25) is 5.91 Å². The third-order valence-corrected chi connectivity index (χ3v) is 4.15. The van der Waals surface area contributed by atoms with Crippen molar-refractivity contribution in [2.45, 2.75) is 38.3 Å². The number of rotatable bonds is 4. The van der Waals surface area contributed by atoms with E-state index in [0.717, 1.165) is 32.5 Å². The standard InChI is InChI=1S/C16H22N2O.ClH/c19-16(14-8-10-17-11-9-14)18(15-6-7-15)12-13-4-2-1-3-5-13;/h1-5,14-15,17H,6-12H2;1H. The van der Waals surface area contributed by atoms with Crippen LogP contribution in [0.15, 0.2) is 30.3 Å². The maximum absolute atomic E-state index is 12.7. The highest BCUT2D eigenvalue weighted by Crippen LogP contribution is 2.31. The van der Waals surface area contributed by atoms with E-state index in [1.807, 2.05) is 6.07 Å². The summed E-state index contributed by atoms with van der Waals surface area (Å²) in [6.45, 7) is 2.76. The number of carbonyl (C=O) groups is 1. The van der Waals surface area contributed by atoms with Gasteiger partial charge in [-0.1, -0.05) is 30.3 Å². The van der Waals surface area contributed by atoms with E-state index in [4.69, 9.17) is 0 Å². The van der Waals surface area contributed by atoms with Crippen molar-refractivity contribution in [3.8, 4) is 0 Å². The highest BCUT2D eigenvalue weighted by molar-refractivity contribution is 5.85. The molecular formula is C16H23ClN2O. The molecule has 1 amide bonds. The summed E-state index contributed by atoms with van der Waals surface area (Å²) in [5.41, 5.74) is 1.25. The Kier molecular flexibility index (Phi) is 5.44. The van der Waals surface area contributed by atoms with Crippen LogP contribution in [0.5, 0.6) is 0 Å². The number of nitrogens with one attached hydrogen (secondary N) is 1. The molecule has 4 heteroatoms. The lowest BCUT2D eigenvalue weighted by molar-refractivity contribution is -0.137. The predicted octanol–water partition coefficient (Wildman–Crippen LogP) is 2.60. The number of piperidine rings is 1. The fourth-order valence-corrected chi connectivity index (χ4v) is 2.86. The van der Waals surface area contributed by atoms with E-state index in [2.05, 4.69) is 34.5 Å². The number of halogens is 1. The van der Waals surface area contributed by atoms with Crippen LogP contribution in [0.25, 0.3) is 0 Å². The van der Waals surface area contributed by atoms with Crippen LogP contribution in [-0.2, 0) is 11.3 Å². The normalized spacial score (nSPS) is 19.2. The molecule has 0 spiro atoms. The summed E-state index contributed by atoms with van der Waals surface area (Å²) in [6.07, 6.45) is 4.36. The molecule has 1 heterocycles. The van der Waals surface area contributed by atoms with Crippen LogP contribution in [0, 0.1) is 5.92 Å². The van der Waals surface area contributed by atoms with Crippen LogP contribution >= 0.6 is 12.4 Å². The maximum atomic E-state index is 12.7. The van der Waals surface area contributed by atoms with Gasteiger partial charge in [-0.05, 0) is 44.3 Å². The summed E-state index contributed by atoms with van der Waals surface area (Å²) in [5.74, 6) is 0.624. The summed E-state index contributed by atoms with van der Waals surface area (Å²) < 4.78 is 0. The number of benzene rings is 1. The lowest BCUT2D eigenvalue weighted by atomic mass is 9.96. The Labute approximate surface area is 127 Å². The minimum Gasteiger partial charge on any atom is -0.335 e. The van der Waals surface area contributed by atoms with E-state index in [1.165, 1.54) is 18.4 Å². The van der Waals surface area contributed by atoms with Crippen molar-refractivity contribution in [2.75, 3.05) is 13.1 Å². The Morgan fingerprint density at radius 2 is 1.75 bits per heavy atom. The van der Waals surface area contributed by atoms with Gasteiger partial charge in [-0.15, -0.1) is 12.4 Å². The zero-order valence-corrected chi connectivity index (χ0v) is 12.6. The number of nitrogens with zero attached hydrogens (tertiary/aromatic N) is 1. The largest absolute Gasteiger partial charge is 0.335 e. The van der Waals surface area contributed by atoms with Gasteiger partial charge in [0.1, 0.15) is 0 Å². The van der Waals surface area contributed by atoms with Crippen LogP contribution in [0.3, 0.4) is 0 Å². The SMILES string of the molecule is Cl.O=C(C1CCNCC1)N(Cc1ccccc1)C1CC1. The molecule has 1 N–H and O–H groups in total. The summed E-state index contributed by atoms with van der Waals surface area (Å²) in [7, 11) is 0. The van der Waals surface area contributed by atoms with E-state index in [-0.39, 0.29) is 18.3 Å². The van der Waals surface area contributed by atoms with Crippen LogP contribution in [-0.4, -0.2) is 29.9 Å². The average molecular weight is 295 g/mol. The van der Waals surface area contributed by atoms with E-state index in [0.29, 0.717) is 11.9 Å². The van der Waals surface area contributed by atoms with Crippen LogP contribution in [0.4, 0.5) is 0 Å². The Morgan fingerprint density at radius 1 is 1.10 bits per heavy atom. The first-order chi connectivity index (χ1) is 9.34. The molecule has 3 nitrogen and oxygen atoms in total. The lowest BCUT2D eigenvalue weighted by Gasteiger charge is -2.30. The van der Waals surface area contributed by atoms with Gasteiger partial charge in [-0.2, -0.15) is 0 Å². The first kappa shape index (κ1) is 15.3. The molecule has 0 unspecified atom stereocenters. The predicted molar refractivity (Wildman–Crippen MR) is 82.9 cm³/mol. The van der Waals surface area contributed by atoms with Crippen molar-refractivity contribution in [1.29, 1.82) is 0 Å². The summed E-state index contributed by atoms with van der Waals surface area (Å²) >= 11 is 0. The second-order valence-electron chi connectivity index (χ2n) is 5.71. The Balaban J connectivity index is 0.00000147. The molecule has 0 radical (unpaired) electrons. The number of amides is 1. The third-order valence-electron chi connectivity index (χ3n) is 4.15. The van der Waals surface area contributed by atoms with Gasteiger partial charge >= 0.3 is 0 Å². The zero-order valence-electron chi connectivity index (χ0n) is 11.8. The minimum absolute atomic E-state index is 0. The average Bonchev–Trinajstić information content (AvgIpc) is 3.31. The Hall–Kier alpha value is -1.06. The molecule has 1 aromatic rings. The van der Waals surface area contributed by atoms with Crippen molar-refractivity contribution in [3.63, 3.8) is 0 Å². The van der Waals surface area contributed by atoms with E-state index >= 15 is 0 Å². The van der Waals surface area contributed by atoms with Crippen molar-refractivity contribution >= 4 is 18.3 Å². The summed E-state index contributed by atoms with van der Waals surface area (Å²) in [5, 5.41) is 3.33. The highest BCUT2D eigenvalue weighted by Gasteiger charge is 2.35. The van der Waals surface area contributed by atoms with E-state index in [1.54, 1.807) is 0 Å². The first-order valence-corrected chi connectivity index (χ1v) is 7.40. The third kappa shape index (κ3) is 3.74. The molecule has 1 aliphatic carbocycles. The van der Waals surface area contributed by atoms with Crippen molar-refractivity contribution in [2.24, 2.45) is 5.92 Å². The molecule has 0 bridgehead atoms. The molecule has 2 aliphatic rings. The van der Waals surface area contributed by atoms with Gasteiger partial charge in [0.05, 0.1) is 0 Å². The van der Waals surface area contributed by atoms with Crippen molar-refractivity contribution < 1.29 is 4.79 Å². The molecule has 20 heavy (non-hydrogen) atoms. The number of carbonyl (C=O) groups excluding carboxylic acids is 1. The second-order valence-corrected chi connectivity index (χ2v) is 5.71. The van der Waals surface area contributed by atoms with Crippen molar-refractivity contribution in [1.82, 2.24) is 10.2 Å². The van der Waals surface area contributed by atoms with Gasteiger partial charge in [0.15, 0.2) is 0 Å². The molecule has 0 aromatic heterocycles. The molecule has 1 aliphatic heterocycles. The molecule has 0 atom stereocenters. The van der Waals surface area contributed by atoms with Crippen LogP contribution in [0.1, 0.15) is 31.2 Å². The Morgan fingerprint density at radius 3 is 2.35 bits per heavy atom. The second kappa shape index (κ2) is 7.09. The fourth-order valence-electron chi connectivity index (χ4n) is 2.86. The van der Waals surface area contributed by atoms with Crippen LogP contribution in [0.2, 0.25) is 0 Å². The van der Waals surface area contributed by atoms with Gasteiger partial charge < -0.3 is 10.2 Å². The maximum Gasteiger partial charge on any atom is 0.226 e. The molecule has 1 saturated heterocycles. The molecule has 1 aromatic carbocycles. The van der Waals surface area contributed by atoms with Crippen molar-refractivity contribution in [3.05, 3.63) is 35.9 Å². The number of hydrogen-bond donors (Lipinski definition) is 1. The first-order valence-electron chi connectivity index (χ1n) is 7.40. The summed E-state index contributed by atoms with van der Waals surface area (Å²) in [4.78, 5) is 14.8. The monoisotopic (exact) mass is 294 g/mol. The van der Waals surface area contributed by atoms with Gasteiger partial charge in [0, 0.05) is 18.5 Å². The van der Waals surface area contributed by atoms with E-state index < -0.39 is 0 Å². The fraction of sp³-hybridized carbons (Fsp3) is 0.562. The molecule has 110 valence electrons. The molecular weight excluding hydrogens is 272 g/mol. The van der Waals surface area contributed by atoms with Gasteiger partial charge in [-0.3, -0.25) is 4.79 Å². The lowest BCUT2D eigenvalue weighted by Crippen LogP contribution is -2.41. The molecule has 2 fully saturated rings. The van der Waals surface area contributed by atoms with Gasteiger partial charge in [-0.25, -0.2) is 0 Å². The molecule has 1 saturated carbocycles. The summed E-state index contributed by atoms with van der Waals surface area (Å²) in [6, 6.07) is 10.9. The Bertz CT molecular complexity index is 427. The zero-order chi connectivity index (χ0) is 13.1. The topological polar surface area (TPSA) is 32.3 Å². The minimum atomic E-state index is 0. The highest BCUT2D eigenvalue weighted by atomic mass is 35.5. The van der Waals surface area contributed by atoms with Crippen LogP contribution < -0.4 is 5.32 Å². The smallest absolute Gasteiger partial charge is 0.226 e. The molecule has 3 rings (SSSR count). The number of hydrogen-bond acceptors (Lipinski definition) is 2. The van der Waals surface area contributed by atoms with E-state index in [9.17, 15) is 4.79 Å². The van der Waals surface area contributed by atoms with Gasteiger partial charge in [0.25, 0.3) is 0 Å².